The molecule has 1 heterocycles. The highest BCUT2D eigenvalue weighted by molar-refractivity contribution is 5.86. The average molecular weight is 184 g/mol. The fourth-order valence-corrected chi connectivity index (χ4v) is 0.987. The van der Waals surface area contributed by atoms with E-state index in [1.807, 2.05) is 0 Å². The second-order valence-electron chi connectivity index (χ2n) is 3.86. The predicted molar refractivity (Wildman–Crippen MR) is 49.3 cm³/mol. The van der Waals surface area contributed by atoms with Gasteiger partial charge in [-0.3, -0.25) is 0 Å². The van der Waals surface area contributed by atoms with E-state index >= 15 is 0 Å². The van der Waals surface area contributed by atoms with Crippen molar-refractivity contribution in [2.45, 2.75) is 26.4 Å². The van der Waals surface area contributed by atoms with E-state index in [1.54, 1.807) is 6.92 Å². The van der Waals surface area contributed by atoms with Crippen molar-refractivity contribution < 1.29 is 14.3 Å². The van der Waals surface area contributed by atoms with E-state index in [0.717, 1.165) is 0 Å². The molecule has 0 amide bonds. The number of hydrogen-bond acceptors (Lipinski definition) is 3. The van der Waals surface area contributed by atoms with Gasteiger partial charge in [0.15, 0.2) is 0 Å². The van der Waals surface area contributed by atoms with E-state index in [-0.39, 0.29) is 11.6 Å². The van der Waals surface area contributed by atoms with E-state index in [0.29, 0.717) is 24.7 Å². The number of esters is 1. The van der Waals surface area contributed by atoms with Gasteiger partial charge in [-0.15, -0.1) is 0 Å². The average Bonchev–Trinajstić information content (AvgIpc) is 2.80. The highest BCUT2D eigenvalue weighted by Gasteiger charge is 2.48. The molecule has 74 valence electrons. The minimum absolute atomic E-state index is 0.217. The third-order valence-corrected chi connectivity index (χ3v) is 2.36. The van der Waals surface area contributed by atoms with Crippen LogP contribution in [0.3, 0.4) is 0 Å². The van der Waals surface area contributed by atoms with Crippen molar-refractivity contribution in [3.8, 4) is 0 Å². The number of rotatable bonds is 4. The van der Waals surface area contributed by atoms with E-state index in [4.69, 9.17) is 9.47 Å². The minimum Gasteiger partial charge on any atom is -0.459 e. The Balaban J connectivity index is 2.35. The Labute approximate surface area is 78.7 Å². The Hall–Kier alpha value is -0.830. The molecule has 0 radical (unpaired) electrons. The molecule has 1 unspecified atom stereocenters. The van der Waals surface area contributed by atoms with Crippen LogP contribution in [0.25, 0.3) is 0 Å². The van der Waals surface area contributed by atoms with Gasteiger partial charge < -0.3 is 9.47 Å². The van der Waals surface area contributed by atoms with Crippen LogP contribution in [-0.2, 0) is 14.3 Å². The summed E-state index contributed by atoms with van der Waals surface area (Å²) in [5.74, 6) is 0.0425. The maximum Gasteiger partial charge on any atom is 0.333 e. The van der Waals surface area contributed by atoms with Gasteiger partial charge in [0.25, 0.3) is 0 Å². The zero-order chi connectivity index (χ0) is 10.1. The lowest BCUT2D eigenvalue weighted by Crippen LogP contribution is -2.27. The lowest BCUT2D eigenvalue weighted by molar-refractivity contribution is -0.141. The number of epoxide rings is 1. The van der Waals surface area contributed by atoms with Gasteiger partial charge in [-0.2, -0.15) is 0 Å². The monoisotopic (exact) mass is 184 g/mol. The Morgan fingerprint density at radius 1 is 1.69 bits per heavy atom. The summed E-state index contributed by atoms with van der Waals surface area (Å²) in [6.07, 6.45) is 0. The lowest BCUT2D eigenvalue weighted by atomic mass is 9.98. The zero-order valence-electron chi connectivity index (χ0n) is 8.42. The molecule has 0 aromatic heterocycles. The smallest absolute Gasteiger partial charge is 0.333 e. The second kappa shape index (κ2) is 3.50. The predicted octanol–water partition coefficient (Wildman–Crippen LogP) is 1.53. The first kappa shape index (κ1) is 10.3. The van der Waals surface area contributed by atoms with E-state index in [9.17, 15) is 4.79 Å². The number of ether oxygens (including phenoxy) is 2. The third kappa shape index (κ3) is 2.31. The first-order chi connectivity index (χ1) is 5.98. The first-order valence-corrected chi connectivity index (χ1v) is 4.44. The van der Waals surface area contributed by atoms with Gasteiger partial charge in [-0.25, -0.2) is 4.79 Å². The summed E-state index contributed by atoms with van der Waals surface area (Å²) >= 11 is 0. The van der Waals surface area contributed by atoms with Crippen LogP contribution in [0.1, 0.15) is 20.8 Å². The molecule has 0 bridgehead atoms. The van der Waals surface area contributed by atoms with Crippen molar-refractivity contribution in [1.29, 1.82) is 0 Å². The topological polar surface area (TPSA) is 38.8 Å². The highest BCUT2D eigenvalue weighted by Crippen LogP contribution is 2.35. The molecule has 1 aliphatic heterocycles. The van der Waals surface area contributed by atoms with Crippen molar-refractivity contribution in [2.75, 3.05) is 13.2 Å². The SMILES string of the molecule is C=C(C)C(=O)OCC1(C(C)C)CO1. The van der Waals surface area contributed by atoms with Crippen molar-refractivity contribution in [3.63, 3.8) is 0 Å². The maximum absolute atomic E-state index is 11.1. The summed E-state index contributed by atoms with van der Waals surface area (Å²) < 4.78 is 10.3. The molecule has 0 saturated carbocycles. The van der Waals surface area contributed by atoms with Crippen LogP contribution in [0.5, 0.6) is 0 Å². The second-order valence-corrected chi connectivity index (χ2v) is 3.86. The molecule has 1 atom stereocenters. The van der Waals surface area contributed by atoms with Crippen LogP contribution in [0.2, 0.25) is 0 Å². The van der Waals surface area contributed by atoms with Gasteiger partial charge >= 0.3 is 5.97 Å². The number of hydrogen-bond donors (Lipinski definition) is 0. The summed E-state index contributed by atoms with van der Waals surface area (Å²) in [4.78, 5) is 11.1. The zero-order valence-corrected chi connectivity index (χ0v) is 8.42. The maximum atomic E-state index is 11.1. The fraction of sp³-hybridized carbons (Fsp3) is 0.700. The Morgan fingerprint density at radius 2 is 2.23 bits per heavy atom. The summed E-state index contributed by atoms with van der Waals surface area (Å²) in [6.45, 7) is 10.3. The molecule has 3 nitrogen and oxygen atoms in total. The number of carbonyl (C=O) groups excluding carboxylic acids is 1. The standard InChI is InChI=1S/C10H16O3/c1-7(2)9(11)12-5-10(6-13-10)8(3)4/h8H,1,5-6H2,2-4H3. The molecule has 13 heavy (non-hydrogen) atoms. The van der Waals surface area contributed by atoms with E-state index < -0.39 is 0 Å². The molecule has 0 spiro atoms. The van der Waals surface area contributed by atoms with Gasteiger partial charge in [0, 0.05) is 5.57 Å². The van der Waals surface area contributed by atoms with Gasteiger partial charge in [0.1, 0.15) is 12.2 Å². The molecule has 3 heteroatoms. The Bertz CT molecular complexity index is 226. The quantitative estimate of drug-likeness (QED) is 0.378. The van der Waals surface area contributed by atoms with Gasteiger partial charge in [0.2, 0.25) is 0 Å². The largest absolute Gasteiger partial charge is 0.459 e. The summed E-state index contributed by atoms with van der Waals surface area (Å²) in [6, 6.07) is 0. The van der Waals surface area contributed by atoms with Gasteiger partial charge in [0.05, 0.1) is 6.61 Å². The van der Waals surface area contributed by atoms with Crippen LogP contribution in [0.15, 0.2) is 12.2 Å². The van der Waals surface area contributed by atoms with E-state index in [1.165, 1.54) is 0 Å². The van der Waals surface area contributed by atoms with Crippen molar-refractivity contribution in [3.05, 3.63) is 12.2 Å². The molecule has 0 aromatic rings. The minimum atomic E-state index is -0.337. The van der Waals surface area contributed by atoms with Crippen molar-refractivity contribution >= 4 is 5.97 Å². The van der Waals surface area contributed by atoms with Crippen molar-refractivity contribution in [2.24, 2.45) is 5.92 Å². The molecule has 0 aliphatic carbocycles. The van der Waals surface area contributed by atoms with Crippen LogP contribution in [0, 0.1) is 5.92 Å². The Morgan fingerprint density at radius 3 is 2.54 bits per heavy atom. The van der Waals surface area contributed by atoms with Crippen LogP contribution < -0.4 is 0 Å². The van der Waals surface area contributed by atoms with Gasteiger partial charge in [-0.05, 0) is 12.8 Å². The lowest BCUT2D eigenvalue weighted by Gasteiger charge is -2.15. The molecule has 1 saturated heterocycles. The Kier molecular flexibility index (Phi) is 2.76. The summed E-state index contributed by atoms with van der Waals surface area (Å²) in [5.41, 5.74) is 0.213. The van der Waals surface area contributed by atoms with Crippen LogP contribution in [0.4, 0.5) is 0 Å². The first-order valence-electron chi connectivity index (χ1n) is 4.44. The van der Waals surface area contributed by atoms with E-state index in [2.05, 4.69) is 20.4 Å². The molecular weight excluding hydrogens is 168 g/mol. The summed E-state index contributed by atoms with van der Waals surface area (Å²) in [7, 11) is 0. The van der Waals surface area contributed by atoms with Crippen LogP contribution in [-0.4, -0.2) is 24.8 Å². The normalized spacial score (nSPS) is 25.8. The summed E-state index contributed by atoms with van der Waals surface area (Å²) in [5, 5.41) is 0. The fourth-order valence-electron chi connectivity index (χ4n) is 0.987. The molecule has 1 rings (SSSR count). The molecule has 0 aromatic carbocycles. The molecular formula is C10H16O3. The molecule has 1 aliphatic rings. The van der Waals surface area contributed by atoms with Crippen LogP contribution >= 0.6 is 0 Å². The number of carbonyl (C=O) groups is 1. The molecule has 0 N–H and O–H groups in total. The third-order valence-electron chi connectivity index (χ3n) is 2.36. The highest BCUT2D eigenvalue weighted by atomic mass is 16.6. The van der Waals surface area contributed by atoms with Crippen molar-refractivity contribution in [1.82, 2.24) is 0 Å². The van der Waals surface area contributed by atoms with Gasteiger partial charge in [-0.1, -0.05) is 20.4 Å². The molecule has 1 fully saturated rings.